The molecule has 4 rings (SSSR count). The fourth-order valence-electron chi connectivity index (χ4n) is 3.10. The number of ether oxygens (including phenoxy) is 1. The Balaban J connectivity index is 2.19. The molecule has 3 aromatic carbocycles. The van der Waals surface area contributed by atoms with Crippen LogP contribution >= 0.6 is 0 Å². The molecular formula is C20H15NO3. The average Bonchev–Trinajstić information content (AvgIpc) is 2.62. The van der Waals surface area contributed by atoms with E-state index in [1.807, 2.05) is 48.5 Å². The van der Waals surface area contributed by atoms with Gasteiger partial charge in [-0.25, -0.2) is 0 Å². The van der Waals surface area contributed by atoms with E-state index in [0.29, 0.717) is 16.8 Å². The van der Waals surface area contributed by atoms with E-state index >= 15 is 0 Å². The van der Waals surface area contributed by atoms with Crippen molar-refractivity contribution in [3.05, 3.63) is 71.0 Å². The second kappa shape index (κ2) is 5.42. The molecule has 1 aromatic heterocycles. The van der Waals surface area contributed by atoms with Crippen LogP contribution in [0.3, 0.4) is 0 Å². The second-order valence-electron chi connectivity index (χ2n) is 5.62. The number of pyridine rings is 1. The molecule has 0 aliphatic heterocycles. The minimum atomic E-state index is -0.504. The number of aromatic hydroxyl groups is 1. The minimum absolute atomic E-state index is 0.285. The summed E-state index contributed by atoms with van der Waals surface area (Å²) in [6, 6.07) is 19.1. The Morgan fingerprint density at radius 3 is 2.58 bits per heavy atom. The van der Waals surface area contributed by atoms with E-state index in [-0.39, 0.29) is 5.75 Å². The van der Waals surface area contributed by atoms with Crippen molar-refractivity contribution < 1.29 is 9.84 Å². The van der Waals surface area contributed by atoms with Crippen LogP contribution < -0.4 is 10.3 Å². The molecule has 0 unspecified atom stereocenters. The number of fused-ring (bicyclic) bond motifs is 2. The number of nitrogens with one attached hydrogen (secondary N) is 1. The molecule has 4 heteroatoms. The molecule has 24 heavy (non-hydrogen) atoms. The zero-order valence-corrected chi connectivity index (χ0v) is 13.0. The van der Waals surface area contributed by atoms with E-state index in [2.05, 4.69) is 4.98 Å². The molecule has 0 saturated carbocycles. The summed E-state index contributed by atoms with van der Waals surface area (Å²) in [6.45, 7) is 0. The Morgan fingerprint density at radius 1 is 0.958 bits per heavy atom. The first kappa shape index (κ1) is 14.3. The van der Waals surface area contributed by atoms with E-state index in [4.69, 9.17) is 4.74 Å². The summed E-state index contributed by atoms with van der Waals surface area (Å²) >= 11 is 0. The fraction of sp³-hybridized carbons (Fsp3) is 0.0500. The maximum Gasteiger partial charge on any atom is 0.291 e. The van der Waals surface area contributed by atoms with Crippen LogP contribution in [0.4, 0.5) is 0 Å². The molecule has 0 aliphatic carbocycles. The Morgan fingerprint density at radius 2 is 1.75 bits per heavy atom. The van der Waals surface area contributed by atoms with Crippen molar-refractivity contribution in [1.29, 1.82) is 0 Å². The average molecular weight is 317 g/mol. The van der Waals surface area contributed by atoms with Crippen molar-refractivity contribution in [1.82, 2.24) is 4.98 Å². The summed E-state index contributed by atoms with van der Waals surface area (Å²) in [6.07, 6.45) is 0. The number of aromatic nitrogens is 1. The van der Waals surface area contributed by atoms with Gasteiger partial charge >= 0.3 is 0 Å². The highest BCUT2D eigenvalue weighted by molar-refractivity contribution is 6.06. The number of H-pyrrole nitrogens is 1. The number of aromatic amines is 1. The smallest absolute Gasteiger partial charge is 0.291 e. The van der Waals surface area contributed by atoms with E-state index in [0.717, 1.165) is 21.7 Å². The van der Waals surface area contributed by atoms with E-state index < -0.39 is 5.56 Å². The van der Waals surface area contributed by atoms with Crippen LogP contribution in [0.1, 0.15) is 0 Å². The van der Waals surface area contributed by atoms with E-state index in [1.54, 1.807) is 19.2 Å². The molecule has 4 aromatic rings. The van der Waals surface area contributed by atoms with Gasteiger partial charge in [0.1, 0.15) is 5.75 Å². The van der Waals surface area contributed by atoms with Gasteiger partial charge in [-0.3, -0.25) is 4.79 Å². The summed E-state index contributed by atoms with van der Waals surface area (Å²) in [4.78, 5) is 14.9. The molecule has 0 radical (unpaired) electrons. The molecule has 0 bridgehead atoms. The standard InChI is InChI=1S/C20H15NO3/c1-24-13-9-10-17-16(11-13)18(19(22)20(23)21-17)15-8-4-6-12-5-2-3-7-14(12)15/h2-11,22H,1H3,(H,21,23). The summed E-state index contributed by atoms with van der Waals surface area (Å²) in [5.74, 6) is 0.377. The van der Waals surface area contributed by atoms with Crippen molar-refractivity contribution in [3.8, 4) is 22.6 Å². The molecule has 2 N–H and O–H groups in total. The van der Waals surface area contributed by atoms with Gasteiger partial charge in [0.2, 0.25) is 0 Å². The molecular weight excluding hydrogens is 302 g/mol. The van der Waals surface area contributed by atoms with Gasteiger partial charge in [-0.15, -0.1) is 0 Å². The first-order valence-corrected chi connectivity index (χ1v) is 7.60. The van der Waals surface area contributed by atoms with Crippen LogP contribution in [0.2, 0.25) is 0 Å². The molecule has 0 amide bonds. The molecule has 118 valence electrons. The number of hydrogen-bond donors (Lipinski definition) is 2. The normalized spacial score (nSPS) is 11.0. The first-order chi connectivity index (χ1) is 11.7. The lowest BCUT2D eigenvalue weighted by Crippen LogP contribution is -2.07. The van der Waals surface area contributed by atoms with Crippen LogP contribution in [0, 0.1) is 0 Å². The monoisotopic (exact) mass is 317 g/mol. The van der Waals surface area contributed by atoms with E-state index in [9.17, 15) is 9.90 Å². The van der Waals surface area contributed by atoms with Gasteiger partial charge in [-0.05, 0) is 34.5 Å². The van der Waals surface area contributed by atoms with Crippen molar-refractivity contribution in [3.63, 3.8) is 0 Å². The second-order valence-corrected chi connectivity index (χ2v) is 5.62. The predicted molar refractivity (Wildman–Crippen MR) is 95.7 cm³/mol. The maximum atomic E-state index is 12.2. The Hall–Kier alpha value is -3.27. The van der Waals surface area contributed by atoms with Crippen molar-refractivity contribution in [2.24, 2.45) is 0 Å². The van der Waals surface area contributed by atoms with Gasteiger partial charge in [0.25, 0.3) is 5.56 Å². The summed E-state index contributed by atoms with van der Waals surface area (Å²) in [5, 5.41) is 13.3. The third-order valence-corrected chi connectivity index (χ3v) is 4.26. The lowest BCUT2D eigenvalue weighted by atomic mass is 9.95. The zero-order valence-electron chi connectivity index (χ0n) is 13.0. The molecule has 0 saturated heterocycles. The van der Waals surface area contributed by atoms with Gasteiger partial charge in [0.15, 0.2) is 5.75 Å². The summed E-state index contributed by atoms with van der Waals surface area (Å²) < 4.78 is 5.30. The fourth-order valence-corrected chi connectivity index (χ4v) is 3.10. The lowest BCUT2D eigenvalue weighted by molar-refractivity contribution is 0.415. The molecule has 0 spiro atoms. The maximum absolute atomic E-state index is 12.2. The van der Waals surface area contributed by atoms with Crippen LogP contribution in [-0.4, -0.2) is 17.2 Å². The van der Waals surface area contributed by atoms with E-state index in [1.165, 1.54) is 0 Å². The molecule has 4 nitrogen and oxygen atoms in total. The van der Waals surface area contributed by atoms with Crippen molar-refractivity contribution >= 4 is 21.7 Å². The van der Waals surface area contributed by atoms with Gasteiger partial charge in [0, 0.05) is 16.5 Å². The molecule has 0 fully saturated rings. The lowest BCUT2D eigenvalue weighted by Gasteiger charge is -2.12. The number of methoxy groups -OCH3 is 1. The Kier molecular flexibility index (Phi) is 3.24. The zero-order chi connectivity index (χ0) is 16.7. The molecule has 0 aliphatic rings. The molecule has 1 heterocycles. The predicted octanol–water partition coefficient (Wildman–Crippen LogP) is 4.06. The highest BCUT2D eigenvalue weighted by Gasteiger charge is 2.16. The van der Waals surface area contributed by atoms with Crippen LogP contribution in [0.15, 0.2) is 65.5 Å². The quantitative estimate of drug-likeness (QED) is 0.586. The number of benzene rings is 3. The molecule has 0 atom stereocenters. The van der Waals surface area contributed by atoms with Gasteiger partial charge in [-0.1, -0.05) is 42.5 Å². The highest BCUT2D eigenvalue weighted by Crippen LogP contribution is 2.38. The van der Waals surface area contributed by atoms with Gasteiger partial charge < -0.3 is 14.8 Å². The van der Waals surface area contributed by atoms with Crippen molar-refractivity contribution in [2.45, 2.75) is 0 Å². The first-order valence-electron chi connectivity index (χ1n) is 7.60. The third kappa shape index (κ3) is 2.12. The largest absolute Gasteiger partial charge is 0.503 e. The summed E-state index contributed by atoms with van der Waals surface area (Å²) in [7, 11) is 1.59. The van der Waals surface area contributed by atoms with Crippen LogP contribution in [0.5, 0.6) is 11.5 Å². The number of rotatable bonds is 2. The Labute approximate surface area is 138 Å². The number of hydrogen-bond acceptors (Lipinski definition) is 3. The van der Waals surface area contributed by atoms with Gasteiger partial charge in [0.05, 0.1) is 7.11 Å². The van der Waals surface area contributed by atoms with Gasteiger partial charge in [-0.2, -0.15) is 0 Å². The highest BCUT2D eigenvalue weighted by atomic mass is 16.5. The van der Waals surface area contributed by atoms with Crippen LogP contribution in [-0.2, 0) is 0 Å². The third-order valence-electron chi connectivity index (χ3n) is 4.26. The minimum Gasteiger partial charge on any atom is -0.503 e. The summed E-state index contributed by atoms with van der Waals surface area (Å²) in [5.41, 5.74) is 1.48. The topological polar surface area (TPSA) is 62.3 Å². The van der Waals surface area contributed by atoms with Crippen molar-refractivity contribution in [2.75, 3.05) is 7.11 Å². The Bertz CT molecular complexity index is 1120. The SMILES string of the molecule is COc1ccc2[nH]c(=O)c(O)c(-c3cccc4ccccc34)c2c1. The van der Waals surface area contributed by atoms with Crippen LogP contribution in [0.25, 0.3) is 32.8 Å².